The van der Waals surface area contributed by atoms with Crippen LogP contribution in [0.4, 0.5) is 5.82 Å². The summed E-state index contributed by atoms with van der Waals surface area (Å²) in [7, 11) is 0. The van der Waals surface area contributed by atoms with Crippen molar-refractivity contribution in [3.05, 3.63) is 24.8 Å². The predicted octanol–water partition coefficient (Wildman–Crippen LogP) is -3.45. The molecule has 21 heteroatoms. The van der Waals surface area contributed by atoms with E-state index in [1.807, 2.05) is 6.92 Å². The second kappa shape index (κ2) is 18.4. The average molecular weight is 798 g/mol. The van der Waals surface area contributed by atoms with Gasteiger partial charge in [0.1, 0.15) is 72.8 Å². The molecular formula is C35H55N7O14. The van der Waals surface area contributed by atoms with Crippen molar-refractivity contribution >= 4 is 28.8 Å². The average Bonchev–Trinajstić information content (AvgIpc) is 3.71. The van der Waals surface area contributed by atoms with Crippen molar-refractivity contribution in [2.45, 2.75) is 139 Å². The standard InChI is InChI=1S/C35H55N7O14/c1-13(2)15(4)8-14(3)6-7-20(46)41-22-27(50)24(47)18(53-35(22)56-34-21(40-16(5)44)26(49)25(48)19(10-43)54-34)9-17(45)30-28(51)29(52)33(55-30)42-12-39-23-31(36)37-11-38-32(23)42/h6-7,11-15,17-19,21-22,24-30,33-35,43,45,47-52H,8-10H2,1-5H3,(H,40,44)(H,41,46)(H2,36,37,38)/b7-6+/t14?,15?,17-,18-,19+,21?,22?,24?,25?,26?,27?,28+,29-,30?,33-,34-,35+/m1/s1. The highest BCUT2D eigenvalue weighted by atomic mass is 16.8. The molecule has 5 rings (SSSR count). The highest BCUT2D eigenvalue weighted by Gasteiger charge is 2.53. The number of nitrogen functional groups attached to an aromatic ring is 1. The van der Waals surface area contributed by atoms with Crippen LogP contribution in [0.25, 0.3) is 11.2 Å². The topological polar surface area (TPSA) is 327 Å². The molecule has 12 N–H and O–H groups in total. The molecule has 0 aromatic carbocycles. The Morgan fingerprint density at radius 3 is 2.14 bits per heavy atom. The molecule has 17 atom stereocenters. The van der Waals surface area contributed by atoms with Gasteiger partial charge >= 0.3 is 0 Å². The van der Waals surface area contributed by atoms with Crippen LogP contribution in [0, 0.1) is 17.8 Å². The van der Waals surface area contributed by atoms with Crippen molar-refractivity contribution < 1.29 is 69.4 Å². The molecule has 2 amide bonds. The Morgan fingerprint density at radius 1 is 0.893 bits per heavy atom. The third kappa shape index (κ3) is 9.46. The summed E-state index contributed by atoms with van der Waals surface area (Å²) in [6.45, 7) is 8.62. The van der Waals surface area contributed by atoms with Crippen molar-refractivity contribution in [3.8, 4) is 0 Å². The number of ether oxygens (including phenoxy) is 4. The molecule has 3 aliphatic rings. The number of hydrogen-bond acceptors (Lipinski definition) is 18. The van der Waals surface area contributed by atoms with Gasteiger partial charge in [-0.25, -0.2) is 15.0 Å². The maximum atomic E-state index is 13.2. The molecule has 0 saturated carbocycles. The molecule has 0 spiro atoms. The second-order valence-electron chi connectivity index (χ2n) is 15.3. The number of aliphatic hydroxyl groups excluding tert-OH is 8. The van der Waals surface area contributed by atoms with Crippen LogP contribution in [0.2, 0.25) is 0 Å². The third-order valence-electron chi connectivity index (χ3n) is 10.8. The molecule has 0 bridgehead atoms. The maximum Gasteiger partial charge on any atom is 0.244 e. The van der Waals surface area contributed by atoms with E-state index in [2.05, 4.69) is 46.4 Å². The van der Waals surface area contributed by atoms with Crippen molar-refractivity contribution in [1.82, 2.24) is 30.2 Å². The summed E-state index contributed by atoms with van der Waals surface area (Å²) in [6, 6.07) is -2.97. The van der Waals surface area contributed by atoms with Gasteiger partial charge in [-0.2, -0.15) is 0 Å². The molecule has 21 nitrogen and oxygen atoms in total. The van der Waals surface area contributed by atoms with E-state index in [0.717, 1.165) is 13.3 Å². The number of nitrogens with zero attached hydrogens (tertiary/aromatic N) is 4. The van der Waals surface area contributed by atoms with Crippen molar-refractivity contribution in [3.63, 3.8) is 0 Å². The molecule has 2 aromatic rings. The molecule has 2 aromatic heterocycles. The first-order chi connectivity index (χ1) is 26.4. The molecule has 0 aliphatic carbocycles. The fourth-order valence-corrected chi connectivity index (χ4v) is 7.18. The number of amides is 2. The van der Waals surface area contributed by atoms with Gasteiger partial charge in [0.05, 0.1) is 25.1 Å². The van der Waals surface area contributed by atoms with Crippen LogP contribution in [-0.2, 0) is 28.5 Å². The van der Waals surface area contributed by atoms with Crippen LogP contribution in [0.3, 0.4) is 0 Å². The monoisotopic (exact) mass is 797 g/mol. The van der Waals surface area contributed by atoms with Gasteiger partial charge in [0.25, 0.3) is 0 Å². The number of fused-ring (bicyclic) bond motifs is 1. The quantitative estimate of drug-likeness (QED) is 0.0828. The summed E-state index contributed by atoms with van der Waals surface area (Å²) < 4.78 is 25.0. The number of imidazole rings is 1. The molecule has 3 fully saturated rings. The number of rotatable bonds is 14. The molecule has 9 unspecified atom stereocenters. The summed E-state index contributed by atoms with van der Waals surface area (Å²) in [5, 5.41) is 92.2. The zero-order chi connectivity index (χ0) is 41.2. The van der Waals surface area contributed by atoms with Crippen molar-refractivity contribution in [2.75, 3.05) is 12.3 Å². The van der Waals surface area contributed by atoms with Gasteiger partial charge in [-0.1, -0.05) is 33.8 Å². The number of carbonyl (C=O) groups excluding carboxylic acids is 2. The molecular weight excluding hydrogens is 742 g/mol. The number of carbonyl (C=O) groups is 2. The van der Waals surface area contributed by atoms with Crippen LogP contribution in [0.15, 0.2) is 24.8 Å². The normalized spacial score (nSPS) is 36.8. The van der Waals surface area contributed by atoms with Gasteiger partial charge in [0.15, 0.2) is 30.3 Å². The predicted molar refractivity (Wildman–Crippen MR) is 192 cm³/mol. The van der Waals surface area contributed by atoms with Gasteiger partial charge in [0, 0.05) is 13.3 Å². The molecule has 5 heterocycles. The Morgan fingerprint density at radius 2 is 1.52 bits per heavy atom. The lowest BCUT2D eigenvalue weighted by atomic mass is 9.88. The Kier molecular flexibility index (Phi) is 14.4. The lowest BCUT2D eigenvalue weighted by molar-refractivity contribution is -0.346. The Balaban J connectivity index is 1.37. The fraction of sp³-hybridized carbons (Fsp3) is 0.743. The molecule has 3 aliphatic heterocycles. The minimum atomic E-state index is -1.83. The van der Waals surface area contributed by atoms with Gasteiger partial charge in [-0.3, -0.25) is 14.2 Å². The molecule has 3 saturated heterocycles. The summed E-state index contributed by atoms with van der Waals surface area (Å²) in [6.07, 6.45) is -15.3. The smallest absolute Gasteiger partial charge is 0.244 e. The molecule has 0 radical (unpaired) electrons. The van der Waals surface area contributed by atoms with Crippen molar-refractivity contribution in [2.24, 2.45) is 17.8 Å². The summed E-state index contributed by atoms with van der Waals surface area (Å²) in [5.74, 6) is -0.456. The fourth-order valence-electron chi connectivity index (χ4n) is 7.18. The molecule has 56 heavy (non-hydrogen) atoms. The van der Waals surface area contributed by atoms with Gasteiger partial charge in [-0.15, -0.1) is 0 Å². The Bertz CT molecular complexity index is 1670. The maximum absolute atomic E-state index is 13.2. The summed E-state index contributed by atoms with van der Waals surface area (Å²) >= 11 is 0. The number of hydrogen-bond donors (Lipinski definition) is 11. The van der Waals surface area contributed by atoms with Crippen LogP contribution >= 0.6 is 0 Å². The Labute approximate surface area is 322 Å². The third-order valence-corrected chi connectivity index (χ3v) is 10.8. The highest BCUT2D eigenvalue weighted by Crippen LogP contribution is 2.36. The first-order valence-electron chi connectivity index (χ1n) is 18.6. The van der Waals surface area contributed by atoms with Gasteiger partial charge in [0.2, 0.25) is 11.8 Å². The van der Waals surface area contributed by atoms with E-state index in [1.54, 1.807) is 6.08 Å². The largest absolute Gasteiger partial charge is 0.394 e. The van der Waals surface area contributed by atoms with Crippen LogP contribution in [0.1, 0.15) is 53.7 Å². The number of aromatic nitrogens is 4. The number of anilines is 1. The summed E-state index contributed by atoms with van der Waals surface area (Å²) in [4.78, 5) is 37.4. The van der Waals surface area contributed by atoms with E-state index < -0.39 is 117 Å². The number of allylic oxidation sites excluding steroid dienone is 1. The number of aliphatic hydroxyl groups is 8. The number of nitrogens with two attached hydrogens (primary N) is 1. The van der Waals surface area contributed by atoms with E-state index >= 15 is 0 Å². The first-order valence-corrected chi connectivity index (χ1v) is 18.6. The van der Waals surface area contributed by atoms with Crippen LogP contribution in [0.5, 0.6) is 0 Å². The van der Waals surface area contributed by atoms with Crippen molar-refractivity contribution in [1.29, 1.82) is 0 Å². The van der Waals surface area contributed by atoms with E-state index in [0.29, 0.717) is 11.8 Å². The SMILES string of the molecule is CC(=O)NC1C(O)C(O)[C@H](CO)O[C@@H]1O[C@@H]1O[C@H](C[C@@H](O)C2O[C@@H](n3cnc4c(N)ncnc43)[C@H](O)[C@@H]2O)C(O)C(O)C1NC(=O)/C=C/C(C)CC(C)C(C)C. The van der Waals surface area contributed by atoms with Gasteiger partial charge in [-0.05, 0) is 30.3 Å². The lowest BCUT2D eigenvalue weighted by Gasteiger charge is -2.47. The van der Waals surface area contributed by atoms with E-state index in [9.17, 15) is 50.4 Å². The van der Waals surface area contributed by atoms with E-state index in [-0.39, 0.29) is 22.9 Å². The van der Waals surface area contributed by atoms with E-state index in [4.69, 9.17) is 24.7 Å². The highest BCUT2D eigenvalue weighted by molar-refractivity contribution is 5.87. The first kappa shape index (κ1) is 43.7. The summed E-state index contributed by atoms with van der Waals surface area (Å²) in [5.41, 5.74) is 6.27. The number of nitrogens with one attached hydrogen (secondary N) is 2. The lowest BCUT2D eigenvalue weighted by Crippen LogP contribution is -2.68. The minimum absolute atomic E-state index is 0.0109. The minimum Gasteiger partial charge on any atom is -0.394 e. The van der Waals surface area contributed by atoms with Gasteiger partial charge < -0.3 is 76.2 Å². The van der Waals surface area contributed by atoms with Crippen LogP contribution < -0.4 is 16.4 Å². The zero-order valence-electron chi connectivity index (χ0n) is 31.7. The zero-order valence-corrected chi connectivity index (χ0v) is 31.7. The molecule has 314 valence electrons. The second-order valence-corrected chi connectivity index (χ2v) is 15.3. The van der Waals surface area contributed by atoms with E-state index in [1.165, 1.54) is 23.3 Å². The van der Waals surface area contributed by atoms with Crippen LogP contribution in [-0.4, -0.2) is 164 Å². The Hall–Kier alpha value is -3.45.